The maximum Gasteiger partial charge on any atom is 0.267 e. The maximum atomic E-state index is 12.4. The third-order valence-electron chi connectivity index (χ3n) is 3.48. The van der Waals surface area contributed by atoms with Gasteiger partial charge in [-0.15, -0.1) is 22.7 Å². The Balaban J connectivity index is 1.58. The zero-order chi connectivity index (χ0) is 15.6. The molecule has 1 N–H and O–H groups in total. The second kappa shape index (κ2) is 6.18. The van der Waals surface area contributed by atoms with E-state index in [9.17, 15) is 4.79 Å². The SMILES string of the molecule is CCc1nc(CNC(=O)[C@@]2(C)CC(c3cccs3)=NO2)cs1. The number of aryl methyl sites for hydroxylation is 1. The average molecular weight is 335 g/mol. The molecule has 22 heavy (non-hydrogen) atoms. The van der Waals surface area contributed by atoms with Crippen LogP contribution in [0.3, 0.4) is 0 Å². The first kappa shape index (κ1) is 15.2. The highest BCUT2D eigenvalue weighted by atomic mass is 32.1. The van der Waals surface area contributed by atoms with E-state index in [1.54, 1.807) is 29.6 Å². The average Bonchev–Trinajstić information content (AvgIpc) is 3.25. The van der Waals surface area contributed by atoms with E-state index in [1.165, 1.54) is 0 Å². The van der Waals surface area contributed by atoms with Crippen molar-refractivity contribution in [3.05, 3.63) is 38.5 Å². The van der Waals surface area contributed by atoms with Crippen LogP contribution >= 0.6 is 22.7 Å². The highest BCUT2D eigenvalue weighted by molar-refractivity contribution is 7.12. The highest BCUT2D eigenvalue weighted by Crippen LogP contribution is 2.28. The zero-order valence-electron chi connectivity index (χ0n) is 12.5. The normalized spacial score (nSPS) is 20.5. The second-order valence-corrected chi connectivity index (χ2v) is 7.17. The van der Waals surface area contributed by atoms with Crippen LogP contribution in [0.25, 0.3) is 0 Å². The van der Waals surface area contributed by atoms with E-state index in [0.29, 0.717) is 13.0 Å². The van der Waals surface area contributed by atoms with Gasteiger partial charge in [-0.2, -0.15) is 0 Å². The molecule has 0 aromatic carbocycles. The van der Waals surface area contributed by atoms with Crippen molar-refractivity contribution in [1.82, 2.24) is 10.3 Å². The van der Waals surface area contributed by atoms with Crippen LogP contribution in [0.5, 0.6) is 0 Å². The standard InChI is InChI=1S/C15H17N3O2S2/c1-3-13-17-10(9-22-13)8-16-14(19)15(2)7-11(18-20-15)12-5-4-6-21-12/h4-6,9H,3,7-8H2,1-2H3,(H,16,19)/t15-/m1/s1. The third-order valence-corrected chi connectivity index (χ3v) is 5.44. The van der Waals surface area contributed by atoms with Gasteiger partial charge in [0.05, 0.1) is 22.1 Å². The smallest absolute Gasteiger partial charge is 0.267 e. The Labute approximate surface area is 137 Å². The molecule has 3 heterocycles. The van der Waals surface area contributed by atoms with E-state index in [4.69, 9.17) is 4.84 Å². The third kappa shape index (κ3) is 3.05. The summed E-state index contributed by atoms with van der Waals surface area (Å²) >= 11 is 3.21. The largest absolute Gasteiger partial charge is 0.379 e. The molecule has 2 aromatic rings. The van der Waals surface area contributed by atoms with Crippen molar-refractivity contribution in [2.24, 2.45) is 5.16 Å². The topological polar surface area (TPSA) is 63.6 Å². The van der Waals surface area contributed by atoms with Crippen molar-refractivity contribution in [3.63, 3.8) is 0 Å². The van der Waals surface area contributed by atoms with Crippen molar-refractivity contribution in [2.45, 2.75) is 38.8 Å². The van der Waals surface area contributed by atoms with Gasteiger partial charge in [0.15, 0.2) is 0 Å². The van der Waals surface area contributed by atoms with Gasteiger partial charge in [0.2, 0.25) is 5.60 Å². The van der Waals surface area contributed by atoms with Crippen LogP contribution in [0.1, 0.15) is 35.8 Å². The molecule has 5 nitrogen and oxygen atoms in total. The summed E-state index contributed by atoms with van der Waals surface area (Å²) in [5, 5.41) is 12.0. The predicted molar refractivity (Wildman–Crippen MR) is 88.3 cm³/mol. The van der Waals surface area contributed by atoms with Crippen LogP contribution in [0, 0.1) is 0 Å². The number of hydrogen-bond donors (Lipinski definition) is 1. The molecule has 1 aliphatic rings. The number of thiazole rings is 1. The van der Waals surface area contributed by atoms with Gasteiger partial charge in [0.25, 0.3) is 5.91 Å². The summed E-state index contributed by atoms with van der Waals surface area (Å²) in [6, 6.07) is 3.95. The van der Waals surface area contributed by atoms with Crippen molar-refractivity contribution < 1.29 is 9.63 Å². The maximum absolute atomic E-state index is 12.4. The zero-order valence-corrected chi connectivity index (χ0v) is 14.1. The first-order chi connectivity index (χ1) is 10.6. The lowest BCUT2D eigenvalue weighted by Crippen LogP contribution is -2.44. The van der Waals surface area contributed by atoms with E-state index in [1.807, 2.05) is 22.9 Å². The van der Waals surface area contributed by atoms with Crippen molar-refractivity contribution >= 4 is 34.3 Å². The second-order valence-electron chi connectivity index (χ2n) is 5.28. The molecule has 7 heteroatoms. The van der Waals surface area contributed by atoms with Gasteiger partial charge < -0.3 is 10.2 Å². The Morgan fingerprint density at radius 1 is 1.50 bits per heavy atom. The molecule has 0 saturated carbocycles. The Hall–Kier alpha value is -1.73. The summed E-state index contributed by atoms with van der Waals surface area (Å²) in [6.07, 6.45) is 1.40. The van der Waals surface area contributed by atoms with E-state index in [-0.39, 0.29) is 5.91 Å². The fourth-order valence-electron chi connectivity index (χ4n) is 2.19. The molecule has 0 bridgehead atoms. The molecule has 1 atom stereocenters. The van der Waals surface area contributed by atoms with Gasteiger partial charge in [-0.1, -0.05) is 18.1 Å². The number of rotatable bonds is 5. The number of hydrogen-bond acceptors (Lipinski definition) is 6. The Bertz CT molecular complexity index is 693. The summed E-state index contributed by atoms with van der Waals surface area (Å²) in [4.78, 5) is 23.3. The van der Waals surface area contributed by atoms with Crippen LogP contribution in [0.2, 0.25) is 0 Å². The molecule has 0 spiro atoms. The number of amides is 1. The molecule has 2 aromatic heterocycles. The Morgan fingerprint density at radius 2 is 2.36 bits per heavy atom. The molecule has 0 fully saturated rings. The van der Waals surface area contributed by atoms with Gasteiger partial charge in [-0.05, 0) is 24.8 Å². The minimum atomic E-state index is -0.942. The van der Waals surface area contributed by atoms with Crippen molar-refractivity contribution in [1.29, 1.82) is 0 Å². The quantitative estimate of drug-likeness (QED) is 0.913. The molecule has 1 amide bonds. The molecular weight excluding hydrogens is 318 g/mol. The van der Waals surface area contributed by atoms with Crippen LogP contribution in [-0.4, -0.2) is 22.2 Å². The minimum Gasteiger partial charge on any atom is -0.379 e. The molecule has 0 saturated heterocycles. The first-order valence-corrected chi connectivity index (χ1v) is 8.87. The van der Waals surface area contributed by atoms with Crippen LogP contribution in [0.4, 0.5) is 0 Å². The summed E-state index contributed by atoms with van der Waals surface area (Å²) in [5.74, 6) is -0.158. The predicted octanol–water partition coefficient (Wildman–Crippen LogP) is 2.97. The Morgan fingerprint density at radius 3 is 3.05 bits per heavy atom. The first-order valence-electron chi connectivity index (χ1n) is 7.11. The van der Waals surface area contributed by atoms with E-state index in [0.717, 1.165) is 27.7 Å². The molecular formula is C15H17N3O2S2. The molecule has 0 unspecified atom stereocenters. The molecule has 0 aliphatic carbocycles. The summed E-state index contributed by atoms with van der Waals surface area (Å²) in [6.45, 7) is 4.26. The number of oxime groups is 1. The monoisotopic (exact) mass is 335 g/mol. The summed E-state index contributed by atoms with van der Waals surface area (Å²) in [5.41, 5.74) is 0.772. The van der Waals surface area contributed by atoms with Gasteiger partial charge in [-0.3, -0.25) is 4.79 Å². The van der Waals surface area contributed by atoms with Crippen molar-refractivity contribution in [2.75, 3.05) is 0 Å². The minimum absolute atomic E-state index is 0.158. The lowest BCUT2D eigenvalue weighted by molar-refractivity contribution is -0.141. The van der Waals surface area contributed by atoms with Gasteiger partial charge in [-0.25, -0.2) is 4.98 Å². The number of carbonyl (C=O) groups is 1. The van der Waals surface area contributed by atoms with E-state index in [2.05, 4.69) is 22.4 Å². The number of aromatic nitrogens is 1. The van der Waals surface area contributed by atoms with Gasteiger partial charge in [0.1, 0.15) is 5.71 Å². The molecule has 0 radical (unpaired) electrons. The highest BCUT2D eigenvalue weighted by Gasteiger charge is 2.42. The van der Waals surface area contributed by atoms with Crippen LogP contribution in [0.15, 0.2) is 28.0 Å². The Kier molecular flexibility index (Phi) is 4.26. The van der Waals surface area contributed by atoms with Gasteiger partial charge >= 0.3 is 0 Å². The van der Waals surface area contributed by atoms with Crippen LogP contribution in [-0.2, 0) is 22.6 Å². The number of thiophene rings is 1. The summed E-state index contributed by atoms with van der Waals surface area (Å²) in [7, 11) is 0. The lowest BCUT2D eigenvalue weighted by atomic mass is 9.98. The summed E-state index contributed by atoms with van der Waals surface area (Å²) < 4.78 is 0. The fourth-order valence-corrected chi connectivity index (χ4v) is 3.64. The van der Waals surface area contributed by atoms with Crippen LogP contribution < -0.4 is 5.32 Å². The van der Waals surface area contributed by atoms with E-state index < -0.39 is 5.60 Å². The molecule has 1 aliphatic heterocycles. The van der Waals surface area contributed by atoms with Crippen molar-refractivity contribution in [3.8, 4) is 0 Å². The van der Waals surface area contributed by atoms with E-state index >= 15 is 0 Å². The number of nitrogens with one attached hydrogen (secondary N) is 1. The lowest BCUT2D eigenvalue weighted by Gasteiger charge is -2.19. The molecule has 116 valence electrons. The fraction of sp³-hybridized carbons (Fsp3) is 0.400. The number of nitrogens with zero attached hydrogens (tertiary/aromatic N) is 2. The van der Waals surface area contributed by atoms with Gasteiger partial charge in [0, 0.05) is 11.8 Å². The number of carbonyl (C=O) groups excluding carboxylic acids is 1. The molecule has 3 rings (SSSR count).